The molecule has 3 saturated heterocycles. The Morgan fingerprint density at radius 1 is 0.800 bits per heavy atom. The SMILES string of the molecule is COC[C@@H](C[C@@H](C)O[C@@H]1C(C)O[C@@H](O[C@H]2CC[C@@]3(C)C(=CC[C@]4(O)[C@@H]3C[C@@H](OC(=O)/C=C/c3ccccc3)[C@]3(C)C(O)(C(C)=O)CC[C@]43O)C2)C[C@@H]1OC)[C@H](OC1C[C@H](OC)[C@H](CO[C@H]2CC(OC)[C@@H](O)[C@H](C)O2)C(C)O1)C(C)C. The Hall–Kier alpha value is -2.76. The lowest BCUT2D eigenvalue weighted by Gasteiger charge is -2.67. The first-order valence-electron chi connectivity index (χ1n) is 29.5. The molecule has 0 aromatic heterocycles. The number of rotatable bonds is 22. The van der Waals surface area contributed by atoms with E-state index in [0.717, 1.165) is 11.1 Å². The van der Waals surface area contributed by atoms with Gasteiger partial charge in [-0.2, -0.15) is 0 Å². The first-order valence-corrected chi connectivity index (χ1v) is 29.5. The number of aliphatic hydroxyl groups excluding tert-OH is 1. The number of ether oxygens (including phenoxy) is 12. The van der Waals surface area contributed by atoms with Gasteiger partial charge in [0.2, 0.25) is 0 Å². The van der Waals surface area contributed by atoms with Crippen molar-refractivity contribution in [3.63, 3.8) is 0 Å². The Morgan fingerprint density at radius 3 is 2.12 bits per heavy atom. The van der Waals surface area contributed by atoms with Gasteiger partial charge in [-0.3, -0.25) is 4.79 Å². The molecule has 1 aromatic carbocycles. The van der Waals surface area contributed by atoms with Gasteiger partial charge in [0.15, 0.2) is 24.7 Å². The number of hydrogen-bond acceptors (Lipinski definition) is 18. The fraction of sp³-hybridized carbons (Fsp3) is 0.806. The quantitative estimate of drug-likeness (QED) is 0.0519. The molecule has 18 nitrogen and oxygen atoms in total. The number of ketones is 1. The topological polar surface area (TPSA) is 226 Å². The molecule has 0 amide bonds. The van der Waals surface area contributed by atoms with Gasteiger partial charge in [-0.1, -0.05) is 62.8 Å². The summed E-state index contributed by atoms with van der Waals surface area (Å²) < 4.78 is 75.6. The molecule has 8 rings (SSSR count). The number of Topliss-reactive ketones (excluding diaryl/α,β-unsaturated/α-hetero) is 1. The van der Waals surface area contributed by atoms with Gasteiger partial charge in [-0.15, -0.1) is 0 Å². The molecule has 0 bridgehead atoms. The Bertz CT molecular complexity index is 2280. The van der Waals surface area contributed by atoms with Crippen LogP contribution in [0.2, 0.25) is 0 Å². The fourth-order valence-corrected chi connectivity index (χ4v) is 15.6. The third kappa shape index (κ3) is 12.2. The van der Waals surface area contributed by atoms with Crippen molar-refractivity contribution in [1.82, 2.24) is 0 Å². The van der Waals surface area contributed by atoms with Crippen LogP contribution in [0.15, 0.2) is 48.1 Å². The number of aliphatic hydroxyl groups is 4. The highest BCUT2D eigenvalue weighted by molar-refractivity contribution is 5.88. The van der Waals surface area contributed by atoms with Crippen molar-refractivity contribution >= 4 is 17.8 Å². The molecule has 3 saturated carbocycles. The number of benzene rings is 1. The maximum absolute atomic E-state index is 13.6. The maximum Gasteiger partial charge on any atom is 0.331 e. The molecular formula is C62H96O18. The lowest BCUT2D eigenvalue weighted by molar-refractivity contribution is -0.315. The molecular weight excluding hydrogens is 1030 g/mol. The molecule has 80 heavy (non-hydrogen) atoms. The van der Waals surface area contributed by atoms with Gasteiger partial charge in [0.1, 0.15) is 35.1 Å². The summed E-state index contributed by atoms with van der Waals surface area (Å²) in [7, 11) is 6.67. The molecule has 0 spiro atoms. The summed E-state index contributed by atoms with van der Waals surface area (Å²) in [6.45, 7) is 18.0. The van der Waals surface area contributed by atoms with Gasteiger partial charge >= 0.3 is 5.97 Å². The standard InChI is InChI=1S/C62H96O18/c1-35(2)56(80-54-29-46(70-11)45(37(4)75-54)34-73-52-30-47(71-12)55(65)38(5)76-52)42(33-69-10)27-36(3)74-57-39(6)77-53(31-48(57)72-13)78-44-22-23-58(8)43(28-44)21-24-61(67)49(58)32-50(79-51(64)20-19-41-17-15-14-16-18-41)59(9)60(66,40(7)63)25-26-62(59,61)68/h14-21,35-39,42,44-50,52-57,65-68H,22-34H2,1-13H3/b20-19+/t36-,37?,38+,39?,42-,44+,45-,46+,47?,48+,49-,50-,52-,53+,54?,55+,56-,57-,58+,59-,60?,61+,62-/m1/s1. The van der Waals surface area contributed by atoms with Gasteiger partial charge in [0.05, 0.1) is 73.6 Å². The maximum atomic E-state index is 13.6. The zero-order chi connectivity index (χ0) is 58.1. The van der Waals surface area contributed by atoms with Crippen LogP contribution in [0.1, 0.15) is 139 Å². The smallest absolute Gasteiger partial charge is 0.331 e. The van der Waals surface area contributed by atoms with Crippen LogP contribution in [0.3, 0.4) is 0 Å². The van der Waals surface area contributed by atoms with Crippen molar-refractivity contribution in [3.05, 3.63) is 53.6 Å². The van der Waals surface area contributed by atoms with Gasteiger partial charge in [-0.05, 0) is 116 Å². The normalized spacial score (nSPS) is 43.2. The Morgan fingerprint density at radius 2 is 1.46 bits per heavy atom. The van der Waals surface area contributed by atoms with Crippen molar-refractivity contribution in [1.29, 1.82) is 0 Å². The van der Waals surface area contributed by atoms with Crippen LogP contribution in [0, 0.1) is 34.5 Å². The van der Waals surface area contributed by atoms with Crippen molar-refractivity contribution in [3.8, 4) is 0 Å². The highest BCUT2D eigenvalue weighted by atomic mass is 16.7. The zero-order valence-electron chi connectivity index (χ0n) is 49.8. The molecule has 18 heteroatoms. The second-order valence-corrected chi connectivity index (χ2v) is 25.2. The number of esters is 1. The number of carbonyl (C=O) groups excluding carboxylic acids is 2. The van der Waals surface area contributed by atoms with Crippen LogP contribution < -0.4 is 0 Å². The third-order valence-corrected chi connectivity index (χ3v) is 20.3. The number of fused-ring (bicyclic) bond motifs is 5. The van der Waals surface area contributed by atoms with E-state index in [2.05, 4.69) is 27.7 Å². The van der Waals surface area contributed by atoms with Crippen LogP contribution in [-0.2, 0) is 66.4 Å². The van der Waals surface area contributed by atoms with Crippen LogP contribution in [0.5, 0.6) is 0 Å². The molecule has 7 aliphatic rings. The average Bonchev–Trinajstić information content (AvgIpc) is 3.25. The van der Waals surface area contributed by atoms with E-state index in [4.69, 9.17) is 56.8 Å². The largest absolute Gasteiger partial charge is 0.458 e. The van der Waals surface area contributed by atoms with Crippen molar-refractivity contribution in [2.24, 2.45) is 34.5 Å². The number of methoxy groups -OCH3 is 4. The summed E-state index contributed by atoms with van der Waals surface area (Å²) in [5, 5.41) is 48.6. The van der Waals surface area contributed by atoms with Crippen molar-refractivity contribution in [2.75, 3.05) is 41.7 Å². The van der Waals surface area contributed by atoms with Crippen LogP contribution in [0.4, 0.5) is 0 Å². The van der Waals surface area contributed by atoms with E-state index in [-0.39, 0.29) is 92.3 Å². The Balaban J connectivity index is 0.878. The molecule has 452 valence electrons. The molecule has 1 aromatic rings. The minimum Gasteiger partial charge on any atom is -0.458 e. The summed E-state index contributed by atoms with van der Waals surface area (Å²) in [4.78, 5) is 27.0. The first kappa shape index (κ1) is 63.3. The minimum atomic E-state index is -2.04. The summed E-state index contributed by atoms with van der Waals surface area (Å²) in [6, 6.07) is 9.33. The molecule has 3 heterocycles. The molecule has 0 radical (unpaired) electrons. The van der Waals surface area contributed by atoms with Crippen LogP contribution >= 0.6 is 0 Å². The van der Waals surface area contributed by atoms with Gasteiger partial charge < -0.3 is 77.3 Å². The average molecular weight is 1130 g/mol. The van der Waals surface area contributed by atoms with Gasteiger partial charge in [0, 0.05) is 71.5 Å². The summed E-state index contributed by atoms with van der Waals surface area (Å²) in [5.74, 6) is -1.79. The molecule has 3 aliphatic heterocycles. The molecule has 4 aliphatic carbocycles. The van der Waals surface area contributed by atoms with Crippen LogP contribution in [0.25, 0.3) is 6.08 Å². The second kappa shape index (κ2) is 25.8. The van der Waals surface area contributed by atoms with Gasteiger partial charge in [-0.25, -0.2) is 4.79 Å². The van der Waals surface area contributed by atoms with E-state index in [9.17, 15) is 30.0 Å². The van der Waals surface area contributed by atoms with E-state index in [1.54, 1.807) is 41.4 Å². The second-order valence-electron chi connectivity index (χ2n) is 25.2. The highest BCUT2D eigenvalue weighted by Crippen LogP contribution is 2.71. The molecule has 4 N–H and O–H groups in total. The molecule has 23 atom stereocenters. The lowest BCUT2D eigenvalue weighted by Crippen LogP contribution is -2.78. The monoisotopic (exact) mass is 1130 g/mol. The summed E-state index contributed by atoms with van der Waals surface area (Å²) in [6.07, 6.45) is 2.44. The molecule has 6 fully saturated rings. The Labute approximate surface area is 474 Å². The number of carbonyl (C=O) groups is 2. The van der Waals surface area contributed by atoms with E-state index >= 15 is 0 Å². The van der Waals surface area contributed by atoms with Crippen LogP contribution in [-0.4, -0.2) is 183 Å². The first-order chi connectivity index (χ1) is 37.9. The zero-order valence-corrected chi connectivity index (χ0v) is 49.8. The van der Waals surface area contributed by atoms with E-state index in [0.29, 0.717) is 58.2 Å². The number of hydrogen-bond donors (Lipinski definition) is 4. The third-order valence-electron chi connectivity index (χ3n) is 20.3. The van der Waals surface area contributed by atoms with E-state index in [1.165, 1.54) is 13.0 Å². The fourth-order valence-electron chi connectivity index (χ4n) is 15.6. The highest BCUT2D eigenvalue weighted by Gasteiger charge is 2.81. The van der Waals surface area contributed by atoms with Gasteiger partial charge in [0.25, 0.3) is 0 Å². The predicted octanol–water partition coefficient (Wildman–Crippen LogP) is 7.03. The van der Waals surface area contributed by atoms with E-state index < -0.39 is 88.6 Å². The Kier molecular flexibility index (Phi) is 20.4. The predicted molar refractivity (Wildman–Crippen MR) is 295 cm³/mol. The minimum absolute atomic E-state index is 0.0427. The summed E-state index contributed by atoms with van der Waals surface area (Å²) >= 11 is 0. The van der Waals surface area contributed by atoms with Crippen molar-refractivity contribution in [2.45, 2.75) is 242 Å². The summed E-state index contributed by atoms with van der Waals surface area (Å²) in [5.41, 5.74) is -6.19. The lowest BCUT2D eigenvalue weighted by atomic mass is 9.42. The molecule has 5 unspecified atom stereocenters. The van der Waals surface area contributed by atoms with Crippen molar-refractivity contribution < 1.29 is 86.9 Å². The van der Waals surface area contributed by atoms with E-state index in [1.807, 2.05) is 57.2 Å².